The second-order valence-electron chi connectivity index (χ2n) is 11.6. The van der Waals surface area contributed by atoms with Crippen molar-refractivity contribution >= 4 is 50.1 Å². The lowest BCUT2D eigenvalue weighted by atomic mass is 10.0. The summed E-state index contributed by atoms with van der Waals surface area (Å²) >= 11 is 6.04. The van der Waals surface area contributed by atoms with E-state index in [1.807, 2.05) is 48.5 Å². The lowest BCUT2D eigenvalue weighted by Crippen LogP contribution is -2.32. The minimum atomic E-state index is -3.83. The highest BCUT2D eigenvalue weighted by Gasteiger charge is 2.58. The number of anilines is 2. The second kappa shape index (κ2) is 10.8. The fourth-order valence-corrected chi connectivity index (χ4v) is 6.98. The average Bonchev–Trinajstić information content (AvgIpc) is 3.25. The zero-order valence-electron chi connectivity index (χ0n) is 25.1. The molecule has 1 amide bonds. The Balaban J connectivity index is 1.32. The van der Waals surface area contributed by atoms with E-state index in [1.165, 1.54) is 6.07 Å². The van der Waals surface area contributed by atoms with Gasteiger partial charge in [-0.25, -0.2) is 23.1 Å². The number of halogens is 1. The van der Waals surface area contributed by atoms with Gasteiger partial charge in [-0.2, -0.15) is 0 Å². The van der Waals surface area contributed by atoms with Crippen molar-refractivity contribution in [1.82, 2.24) is 29.0 Å². The predicted molar refractivity (Wildman–Crippen MR) is 167 cm³/mol. The van der Waals surface area contributed by atoms with Crippen LogP contribution in [0.5, 0.6) is 5.88 Å². The lowest BCUT2D eigenvalue weighted by molar-refractivity contribution is 0.0977. The number of nitrogens with zero attached hydrogens (tertiary/aromatic N) is 6. The molecule has 4 heterocycles. The molecule has 4 aromatic rings. The third-order valence-electron chi connectivity index (χ3n) is 8.44. The number of hydrogen-bond donors (Lipinski definition) is 2. The minimum Gasteiger partial charge on any atom is -0.480 e. The number of sulfonamides is 1. The van der Waals surface area contributed by atoms with Gasteiger partial charge in [-0.15, -0.1) is 5.10 Å². The summed E-state index contributed by atoms with van der Waals surface area (Å²) in [4.78, 5) is 37.7. The van der Waals surface area contributed by atoms with Crippen molar-refractivity contribution < 1.29 is 17.9 Å². The molecule has 15 heteroatoms. The van der Waals surface area contributed by atoms with Gasteiger partial charge < -0.3 is 15.0 Å². The van der Waals surface area contributed by atoms with Crippen molar-refractivity contribution in [2.75, 3.05) is 36.7 Å². The van der Waals surface area contributed by atoms with Crippen molar-refractivity contribution in [3.8, 4) is 5.88 Å². The zero-order chi connectivity index (χ0) is 31.7. The van der Waals surface area contributed by atoms with Crippen molar-refractivity contribution in [3.63, 3.8) is 0 Å². The van der Waals surface area contributed by atoms with E-state index in [2.05, 4.69) is 20.3 Å². The largest absolute Gasteiger partial charge is 0.480 e. The molecule has 4 atom stereocenters. The van der Waals surface area contributed by atoms with Gasteiger partial charge in [-0.1, -0.05) is 17.7 Å². The Kier molecular flexibility index (Phi) is 7.31. The third kappa shape index (κ3) is 5.36. The summed E-state index contributed by atoms with van der Waals surface area (Å²) in [5.41, 5.74) is 3.26. The number of ether oxygens (including phenoxy) is 1. The Morgan fingerprint density at radius 3 is 2.48 bits per heavy atom. The van der Waals surface area contributed by atoms with Crippen molar-refractivity contribution in [3.05, 3.63) is 68.4 Å². The smallest absolute Gasteiger partial charge is 0.285 e. The van der Waals surface area contributed by atoms with Crippen LogP contribution in [0.1, 0.15) is 46.2 Å². The molecule has 1 aromatic carbocycles. The Hall–Kier alpha value is -4.17. The van der Waals surface area contributed by atoms with E-state index < -0.39 is 22.0 Å². The summed E-state index contributed by atoms with van der Waals surface area (Å²) in [5.74, 6) is 1.52. The third-order valence-corrected chi connectivity index (χ3v) is 9.21. The van der Waals surface area contributed by atoms with Crippen molar-refractivity contribution in [2.45, 2.75) is 25.8 Å². The number of methoxy groups -OCH3 is 1. The number of carbonyl (C=O) groups excluding carboxylic acids is 1. The molecule has 1 aliphatic carbocycles. The Bertz CT molecular complexity index is 1980. The lowest BCUT2D eigenvalue weighted by Gasteiger charge is -2.25. The molecule has 1 saturated carbocycles. The van der Waals surface area contributed by atoms with Gasteiger partial charge in [0.15, 0.2) is 5.69 Å². The van der Waals surface area contributed by atoms with Crippen LogP contribution >= 0.6 is 11.6 Å². The molecule has 6 rings (SSSR count). The van der Waals surface area contributed by atoms with E-state index in [9.17, 15) is 18.0 Å². The SMILES string of the molecule is COc1cc(C2[C@H]3CN(c4nc5c([C@@H](C)Nc6ccc(Cl)nc6C(=O)NS(C)(=O)=O)cc(C)cc5c(=O)n4C)C[C@@H]23)n(C)n1. The normalized spacial score (nSPS) is 20.0. The van der Waals surface area contributed by atoms with Gasteiger partial charge >= 0.3 is 0 Å². The highest BCUT2D eigenvalue weighted by Crippen LogP contribution is 2.58. The highest BCUT2D eigenvalue weighted by atomic mass is 35.5. The fourth-order valence-electron chi connectivity index (χ4n) is 6.40. The van der Waals surface area contributed by atoms with Crippen LogP contribution in [0.2, 0.25) is 5.15 Å². The van der Waals surface area contributed by atoms with Gasteiger partial charge in [0.25, 0.3) is 11.5 Å². The summed E-state index contributed by atoms with van der Waals surface area (Å²) in [6.07, 6.45) is 0.883. The first-order chi connectivity index (χ1) is 20.8. The molecule has 0 spiro atoms. The number of piperidine rings is 1. The van der Waals surface area contributed by atoms with Crippen LogP contribution in [0.25, 0.3) is 10.9 Å². The Morgan fingerprint density at radius 2 is 1.84 bits per heavy atom. The summed E-state index contributed by atoms with van der Waals surface area (Å²) in [6, 6.07) is 8.38. The number of benzene rings is 1. The first kappa shape index (κ1) is 29.9. The molecule has 2 aliphatic rings. The van der Waals surface area contributed by atoms with Crippen LogP contribution in [0.4, 0.5) is 11.6 Å². The molecule has 232 valence electrons. The number of hydrogen-bond acceptors (Lipinski definition) is 10. The first-order valence-electron chi connectivity index (χ1n) is 14.0. The number of pyridine rings is 1. The molecule has 1 saturated heterocycles. The van der Waals surface area contributed by atoms with E-state index in [1.54, 1.807) is 24.8 Å². The number of amides is 1. The Morgan fingerprint density at radius 1 is 1.14 bits per heavy atom. The van der Waals surface area contributed by atoms with Gasteiger partial charge in [0.1, 0.15) is 5.15 Å². The highest BCUT2D eigenvalue weighted by molar-refractivity contribution is 7.89. The number of carbonyl (C=O) groups is 1. The summed E-state index contributed by atoms with van der Waals surface area (Å²) < 4.78 is 34.2. The molecule has 0 radical (unpaired) electrons. The molecule has 3 aromatic heterocycles. The number of nitrogens with one attached hydrogen (secondary N) is 2. The van der Waals surface area contributed by atoms with Crippen LogP contribution in [0.15, 0.2) is 35.1 Å². The van der Waals surface area contributed by atoms with Crippen LogP contribution in [-0.2, 0) is 24.1 Å². The monoisotopic (exact) mass is 640 g/mol. The molecule has 1 aliphatic heterocycles. The van der Waals surface area contributed by atoms with Crippen molar-refractivity contribution in [1.29, 1.82) is 0 Å². The van der Waals surface area contributed by atoms with E-state index in [4.69, 9.17) is 21.3 Å². The molecule has 0 bridgehead atoms. The van der Waals surface area contributed by atoms with E-state index in [-0.39, 0.29) is 22.1 Å². The molecule has 1 unspecified atom stereocenters. The fraction of sp³-hybridized carbons (Fsp3) is 0.414. The van der Waals surface area contributed by atoms with E-state index in [0.717, 1.165) is 36.2 Å². The van der Waals surface area contributed by atoms with Crippen LogP contribution in [-0.4, -0.2) is 65.1 Å². The second-order valence-corrected chi connectivity index (χ2v) is 13.8. The number of aryl methyl sites for hydroxylation is 2. The van der Waals surface area contributed by atoms with E-state index >= 15 is 0 Å². The predicted octanol–water partition coefficient (Wildman–Crippen LogP) is 2.74. The molecule has 2 fully saturated rings. The van der Waals surface area contributed by atoms with Gasteiger partial charge in [0.2, 0.25) is 21.9 Å². The Labute approximate surface area is 259 Å². The maximum absolute atomic E-state index is 13.7. The topological polar surface area (TPSA) is 153 Å². The average molecular weight is 641 g/mol. The molecule has 2 N–H and O–H groups in total. The summed E-state index contributed by atoms with van der Waals surface area (Å²) in [7, 11) is 1.45. The molecular weight excluding hydrogens is 608 g/mol. The quantitative estimate of drug-likeness (QED) is 0.275. The van der Waals surface area contributed by atoms with Gasteiger partial charge in [0.05, 0.1) is 36.0 Å². The van der Waals surface area contributed by atoms with Crippen molar-refractivity contribution in [2.24, 2.45) is 25.9 Å². The minimum absolute atomic E-state index is 0.0334. The van der Waals surface area contributed by atoms with Gasteiger partial charge in [-0.3, -0.25) is 18.8 Å². The zero-order valence-corrected chi connectivity index (χ0v) is 26.7. The number of aromatic nitrogens is 5. The summed E-state index contributed by atoms with van der Waals surface area (Å²) in [6.45, 7) is 5.30. The molecular formula is C29H33ClN8O5S. The maximum Gasteiger partial charge on any atom is 0.285 e. The number of fused-ring (bicyclic) bond motifs is 2. The maximum atomic E-state index is 13.7. The van der Waals surface area contributed by atoms with Gasteiger partial charge in [0, 0.05) is 50.4 Å². The molecule has 44 heavy (non-hydrogen) atoms. The molecule has 13 nitrogen and oxygen atoms in total. The standard InChI is InChI=1S/C29H33ClN8O5S/c1-14-9-16(15(2)31-20-7-8-22(30)32-26(20)27(39)35-44(6,41)42)25-17(10-14)28(40)36(3)29(33-25)38-12-18-19(13-38)24(18)21-11-23(43-5)34-37(21)4/h7-11,15,18-19,24,31H,12-13H2,1-6H3,(H,35,39)/t15-,18-,19+,24?/m1/s1. The van der Waals surface area contributed by atoms with Crippen LogP contribution in [0, 0.1) is 18.8 Å². The van der Waals surface area contributed by atoms with Crippen LogP contribution in [0.3, 0.4) is 0 Å². The number of rotatable bonds is 8. The summed E-state index contributed by atoms with van der Waals surface area (Å²) in [5, 5.41) is 8.18. The first-order valence-corrected chi connectivity index (χ1v) is 16.3. The van der Waals surface area contributed by atoms with E-state index in [0.29, 0.717) is 40.5 Å². The van der Waals surface area contributed by atoms with Gasteiger partial charge in [-0.05, 0) is 49.4 Å². The van der Waals surface area contributed by atoms with Crippen LogP contribution < -0.4 is 25.2 Å².